The second-order valence-electron chi connectivity index (χ2n) is 7.85. The fourth-order valence-electron chi connectivity index (χ4n) is 2.02. The molecular formula is C18H31NO2. The molecule has 3 nitrogen and oxygen atoms in total. The summed E-state index contributed by atoms with van der Waals surface area (Å²) in [6.45, 7) is 15.7. The molecule has 21 heavy (non-hydrogen) atoms. The molecule has 0 amide bonds. The molecule has 120 valence electrons. The molecule has 0 saturated carbocycles. The molecule has 0 saturated heterocycles. The maximum Gasteiger partial charge on any atom is 0.123 e. The third kappa shape index (κ3) is 6.49. The van der Waals surface area contributed by atoms with E-state index in [1.54, 1.807) is 0 Å². The van der Waals surface area contributed by atoms with Crippen LogP contribution in [0.5, 0.6) is 5.75 Å². The van der Waals surface area contributed by atoms with E-state index < -0.39 is 6.10 Å². The molecule has 0 heterocycles. The molecule has 0 radical (unpaired) electrons. The van der Waals surface area contributed by atoms with Gasteiger partial charge < -0.3 is 15.2 Å². The molecule has 1 rings (SSSR count). The van der Waals surface area contributed by atoms with E-state index in [1.165, 1.54) is 11.1 Å². The molecule has 0 aromatic heterocycles. The third-order valence-corrected chi connectivity index (χ3v) is 3.24. The number of hydrogen-bond acceptors (Lipinski definition) is 3. The first-order valence-corrected chi connectivity index (χ1v) is 7.66. The van der Waals surface area contributed by atoms with Crippen LogP contribution in [0, 0.1) is 6.92 Å². The highest BCUT2D eigenvalue weighted by molar-refractivity contribution is 5.41. The van der Waals surface area contributed by atoms with Crippen LogP contribution in [0.25, 0.3) is 0 Å². The van der Waals surface area contributed by atoms with Crippen molar-refractivity contribution in [3.8, 4) is 5.75 Å². The van der Waals surface area contributed by atoms with E-state index >= 15 is 0 Å². The van der Waals surface area contributed by atoms with Crippen molar-refractivity contribution in [3.63, 3.8) is 0 Å². The molecule has 1 aromatic carbocycles. The maximum absolute atomic E-state index is 10.0. The van der Waals surface area contributed by atoms with Gasteiger partial charge in [-0.05, 0) is 44.7 Å². The molecule has 0 bridgehead atoms. The van der Waals surface area contributed by atoms with Crippen LogP contribution in [0.15, 0.2) is 18.2 Å². The summed E-state index contributed by atoms with van der Waals surface area (Å²) in [5.74, 6) is 0.864. The first-order valence-electron chi connectivity index (χ1n) is 7.66. The van der Waals surface area contributed by atoms with Crippen molar-refractivity contribution in [1.29, 1.82) is 0 Å². The zero-order valence-corrected chi connectivity index (χ0v) is 14.6. The number of rotatable bonds is 5. The Balaban J connectivity index is 2.67. The van der Waals surface area contributed by atoms with Crippen molar-refractivity contribution in [2.24, 2.45) is 0 Å². The Morgan fingerprint density at radius 1 is 1.14 bits per heavy atom. The van der Waals surface area contributed by atoms with Gasteiger partial charge >= 0.3 is 0 Å². The van der Waals surface area contributed by atoms with Crippen LogP contribution in [0.3, 0.4) is 0 Å². The second-order valence-corrected chi connectivity index (χ2v) is 7.85. The number of nitrogens with one attached hydrogen (secondary N) is 1. The number of ether oxygens (including phenoxy) is 1. The molecule has 1 atom stereocenters. The standard InChI is InChI=1S/C18H31NO2/c1-13-8-9-16(15(10-13)17(2,3)4)21-12-14(20)11-19-18(5,6)7/h8-10,14,19-20H,11-12H2,1-7H3. The van der Waals surface area contributed by atoms with Crippen molar-refractivity contribution in [2.75, 3.05) is 13.2 Å². The lowest BCUT2D eigenvalue weighted by molar-refractivity contribution is 0.0990. The molecular weight excluding hydrogens is 262 g/mol. The van der Waals surface area contributed by atoms with Gasteiger partial charge in [-0.2, -0.15) is 0 Å². The Hall–Kier alpha value is -1.06. The summed E-state index contributed by atoms with van der Waals surface area (Å²) in [6, 6.07) is 6.21. The van der Waals surface area contributed by atoms with Crippen LogP contribution in [0.1, 0.15) is 52.7 Å². The van der Waals surface area contributed by atoms with Gasteiger partial charge in [0.15, 0.2) is 0 Å². The fourth-order valence-corrected chi connectivity index (χ4v) is 2.02. The molecule has 1 aromatic rings. The van der Waals surface area contributed by atoms with E-state index in [2.05, 4.69) is 59.8 Å². The minimum absolute atomic E-state index is 0.00140. The predicted molar refractivity (Wildman–Crippen MR) is 89.1 cm³/mol. The van der Waals surface area contributed by atoms with Crippen LogP contribution in [0.4, 0.5) is 0 Å². The number of hydrogen-bond donors (Lipinski definition) is 2. The van der Waals surface area contributed by atoms with Gasteiger partial charge in [-0.1, -0.05) is 38.5 Å². The van der Waals surface area contributed by atoms with Gasteiger partial charge in [0.1, 0.15) is 18.5 Å². The first kappa shape index (κ1) is 18.0. The van der Waals surface area contributed by atoms with Crippen molar-refractivity contribution in [1.82, 2.24) is 5.32 Å². The Morgan fingerprint density at radius 2 is 1.76 bits per heavy atom. The van der Waals surface area contributed by atoms with Gasteiger partial charge in [-0.25, -0.2) is 0 Å². The highest BCUT2D eigenvalue weighted by Crippen LogP contribution is 2.32. The molecule has 0 spiro atoms. The number of β-amino-alcohol motifs (C(OH)–C–C–N with tert-alkyl or cyclic N) is 1. The van der Waals surface area contributed by atoms with Crippen LogP contribution < -0.4 is 10.1 Å². The number of benzene rings is 1. The van der Waals surface area contributed by atoms with Crippen molar-refractivity contribution in [2.45, 2.75) is 65.5 Å². The monoisotopic (exact) mass is 293 g/mol. The Bertz CT molecular complexity index is 455. The molecule has 0 aliphatic carbocycles. The summed E-state index contributed by atoms with van der Waals surface area (Å²) in [4.78, 5) is 0. The lowest BCUT2D eigenvalue weighted by atomic mass is 9.85. The van der Waals surface area contributed by atoms with Gasteiger partial charge in [0.05, 0.1) is 0 Å². The lowest BCUT2D eigenvalue weighted by Crippen LogP contribution is -2.42. The van der Waals surface area contributed by atoms with E-state index in [1.807, 2.05) is 12.1 Å². The Kier molecular flexibility index (Phi) is 5.83. The lowest BCUT2D eigenvalue weighted by Gasteiger charge is -2.25. The summed E-state index contributed by atoms with van der Waals surface area (Å²) in [5.41, 5.74) is 2.43. The summed E-state index contributed by atoms with van der Waals surface area (Å²) in [7, 11) is 0. The van der Waals surface area contributed by atoms with E-state index in [0.29, 0.717) is 13.2 Å². The Labute approximate surface area is 129 Å². The van der Waals surface area contributed by atoms with E-state index in [4.69, 9.17) is 4.74 Å². The highest BCUT2D eigenvalue weighted by Gasteiger charge is 2.20. The van der Waals surface area contributed by atoms with Crippen LogP contribution in [0.2, 0.25) is 0 Å². The summed E-state index contributed by atoms with van der Waals surface area (Å²) < 4.78 is 5.86. The average molecular weight is 293 g/mol. The maximum atomic E-state index is 10.0. The van der Waals surface area contributed by atoms with Gasteiger partial charge in [0.25, 0.3) is 0 Å². The van der Waals surface area contributed by atoms with Crippen LogP contribution in [-0.4, -0.2) is 29.9 Å². The van der Waals surface area contributed by atoms with Crippen molar-refractivity contribution < 1.29 is 9.84 Å². The molecule has 1 unspecified atom stereocenters. The Morgan fingerprint density at radius 3 is 2.29 bits per heavy atom. The molecule has 0 aliphatic rings. The smallest absolute Gasteiger partial charge is 0.123 e. The number of aryl methyl sites for hydroxylation is 1. The van der Waals surface area contributed by atoms with Crippen molar-refractivity contribution in [3.05, 3.63) is 29.3 Å². The van der Waals surface area contributed by atoms with E-state index in [9.17, 15) is 5.11 Å². The predicted octanol–water partition coefficient (Wildman–Crippen LogP) is 3.42. The quantitative estimate of drug-likeness (QED) is 0.874. The number of aliphatic hydroxyl groups is 1. The highest BCUT2D eigenvalue weighted by atomic mass is 16.5. The van der Waals surface area contributed by atoms with E-state index in [-0.39, 0.29) is 11.0 Å². The largest absolute Gasteiger partial charge is 0.491 e. The average Bonchev–Trinajstić information content (AvgIpc) is 2.32. The SMILES string of the molecule is Cc1ccc(OCC(O)CNC(C)(C)C)c(C(C)(C)C)c1. The zero-order valence-electron chi connectivity index (χ0n) is 14.6. The third-order valence-electron chi connectivity index (χ3n) is 3.24. The first-order chi connectivity index (χ1) is 9.49. The van der Waals surface area contributed by atoms with Gasteiger partial charge in [0.2, 0.25) is 0 Å². The second kappa shape index (κ2) is 6.80. The minimum atomic E-state index is -0.515. The van der Waals surface area contributed by atoms with Crippen LogP contribution in [-0.2, 0) is 5.41 Å². The summed E-state index contributed by atoms with van der Waals surface area (Å²) in [6.07, 6.45) is -0.515. The van der Waals surface area contributed by atoms with Crippen molar-refractivity contribution >= 4 is 0 Å². The van der Waals surface area contributed by atoms with Gasteiger partial charge in [0, 0.05) is 12.1 Å². The molecule has 0 fully saturated rings. The topological polar surface area (TPSA) is 41.5 Å². The molecule has 3 heteroatoms. The minimum Gasteiger partial charge on any atom is -0.491 e. The van der Waals surface area contributed by atoms with E-state index in [0.717, 1.165) is 5.75 Å². The summed E-state index contributed by atoms with van der Waals surface area (Å²) >= 11 is 0. The molecule has 0 aliphatic heterocycles. The fraction of sp³-hybridized carbons (Fsp3) is 0.667. The normalized spacial score (nSPS) is 14.1. The van der Waals surface area contributed by atoms with Gasteiger partial charge in [-0.15, -0.1) is 0 Å². The molecule has 2 N–H and O–H groups in total. The number of aliphatic hydroxyl groups excluding tert-OH is 1. The van der Waals surface area contributed by atoms with Crippen LogP contribution >= 0.6 is 0 Å². The van der Waals surface area contributed by atoms with Gasteiger partial charge in [-0.3, -0.25) is 0 Å². The zero-order chi connectivity index (χ0) is 16.3. The summed E-state index contributed by atoms with van der Waals surface area (Å²) in [5, 5.41) is 13.3.